The Bertz CT molecular complexity index is 377. The highest BCUT2D eigenvalue weighted by molar-refractivity contribution is 6.25. The summed E-state index contributed by atoms with van der Waals surface area (Å²) in [6.07, 6.45) is 2.06. The molecule has 4 nitrogen and oxygen atoms in total. The molecule has 2 atom stereocenters. The zero-order chi connectivity index (χ0) is 12.6. The maximum absolute atomic E-state index is 12.1. The van der Waals surface area contributed by atoms with Gasteiger partial charge in [0.05, 0.1) is 0 Å². The predicted molar refractivity (Wildman–Crippen MR) is 65.4 cm³/mol. The van der Waals surface area contributed by atoms with Crippen molar-refractivity contribution in [3.05, 3.63) is 11.1 Å². The van der Waals surface area contributed by atoms with Gasteiger partial charge in [-0.2, -0.15) is 0 Å². The van der Waals surface area contributed by atoms with E-state index in [0.29, 0.717) is 12.5 Å². The van der Waals surface area contributed by atoms with E-state index in [-0.39, 0.29) is 17.9 Å². The van der Waals surface area contributed by atoms with Crippen molar-refractivity contribution in [2.24, 2.45) is 5.92 Å². The molecule has 2 unspecified atom stereocenters. The highest BCUT2D eigenvalue weighted by atomic mass is 35.5. The van der Waals surface area contributed by atoms with Crippen LogP contribution in [0.3, 0.4) is 0 Å². The van der Waals surface area contributed by atoms with E-state index in [1.807, 2.05) is 6.92 Å². The van der Waals surface area contributed by atoms with Crippen molar-refractivity contribution in [2.75, 3.05) is 6.54 Å². The highest BCUT2D eigenvalue weighted by Crippen LogP contribution is 2.37. The molecule has 0 aromatic carbocycles. The van der Waals surface area contributed by atoms with Crippen LogP contribution < -0.4 is 5.32 Å². The van der Waals surface area contributed by atoms with Gasteiger partial charge in [-0.25, -0.2) is 0 Å². The summed E-state index contributed by atoms with van der Waals surface area (Å²) in [4.78, 5) is 25.7. The summed E-state index contributed by atoms with van der Waals surface area (Å²) in [5, 5.41) is 2.74. The van der Waals surface area contributed by atoms with E-state index in [2.05, 4.69) is 5.32 Å². The van der Waals surface area contributed by atoms with Gasteiger partial charge < -0.3 is 10.2 Å². The van der Waals surface area contributed by atoms with E-state index < -0.39 is 6.04 Å². The molecule has 1 heterocycles. The molecule has 0 radical (unpaired) electrons. The third-order valence-corrected chi connectivity index (χ3v) is 3.66. The Balaban J connectivity index is 2.20. The molecule has 17 heavy (non-hydrogen) atoms. The normalized spacial score (nSPS) is 30.5. The fourth-order valence-corrected chi connectivity index (χ4v) is 2.32. The van der Waals surface area contributed by atoms with Gasteiger partial charge in [-0.05, 0) is 38.2 Å². The molecule has 1 saturated heterocycles. The van der Waals surface area contributed by atoms with Crippen LogP contribution in [0.15, 0.2) is 11.1 Å². The molecule has 2 aliphatic rings. The molecule has 1 aliphatic carbocycles. The summed E-state index contributed by atoms with van der Waals surface area (Å²) in [7, 11) is 0. The van der Waals surface area contributed by atoms with Crippen molar-refractivity contribution in [1.29, 1.82) is 0 Å². The first-order valence-corrected chi connectivity index (χ1v) is 6.35. The molecule has 2 rings (SSSR count). The van der Waals surface area contributed by atoms with Crippen molar-refractivity contribution in [3.8, 4) is 0 Å². The number of carbonyl (C=O) groups is 2. The van der Waals surface area contributed by atoms with Crippen molar-refractivity contribution < 1.29 is 9.59 Å². The smallest absolute Gasteiger partial charge is 0.245 e. The summed E-state index contributed by atoms with van der Waals surface area (Å²) in [5.74, 6) is 0.288. The SMILES string of the molecule is CC(=CCl)CN1C(=O)C(C)NC(=O)C1C1CC1. The summed E-state index contributed by atoms with van der Waals surface area (Å²) in [5.41, 5.74) is 2.36. The first kappa shape index (κ1) is 12.4. The van der Waals surface area contributed by atoms with Crippen molar-refractivity contribution >= 4 is 23.4 Å². The molecule has 0 spiro atoms. The summed E-state index contributed by atoms with van der Waals surface area (Å²) < 4.78 is 0. The van der Waals surface area contributed by atoms with E-state index in [9.17, 15) is 9.59 Å². The number of piperazine rings is 1. The van der Waals surface area contributed by atoms with Crippen molar-refractivity contribution in [3.63, 3.8) is 0 Å². The van der Waals surface area contributed by atoms with Gasteiger partial charge in [0.15, 0.2) is 0 Å². The van der Waals surface area contributed by atoms with E-state index in [1.54, 1.807) is 11.8 Å². The van der Waals surface area contributed by atoms with Gasteiger partial charge in [0.25, 0.3) is 0 Å². The molecule has 0 aromatic rings. The Morgan fingerprint density at radius 3 is 2.71 bits per heavy atom. The lowest BCUT2D eigenvalue weighted by Gasteiger charge is -2.38. The van der Waals surface area contributed by atoms with Gasteiger partial charge in [-0.3, -0.25) is 9.59 Å². The molecular weight excluding hydrogens is 240 g/mol. The highest BCUT2D eigenvalue weighted by Gasteiger charge is 2.46. The first-order chi connectivity index (χ1) is 8.04. The lowest BCUT2D eigenvalue weighted by molar-refractivity contribution is -0.149. The van der Waals surface area contributed by atoms with Crippen molar-refractivity contribution in [2.45, 2.75) is 38.8 Å². The van der Waals surface area contributed by atoms with E-state index in [0.717, 1.165) is 18.4 Å². The van der Waals surface area contributed by atoms with E-state index in [1.165, 1.54) is 5.54 Å². The second-order valence-corrected chi connectivity index (χ2v) is 5.15. The van der Waals surface area contributed by atoms with Crippen LogP contribution in [0, 0.1) is 5.92 Å². The number of halogens is 1. The van der Waals surface area contributed by atoms with Crippen LogP contribution in [0.4, 0.5) is 0 Å². The Labute approximate surface area is 106 Å². The topological polar surface area (TPSA) is 49.4 Å². The molecule has 1 N–H and O–H groups in total. The van der Waals surface area contributed by atoms with Crippen LogP contribution in [0.1, 0.15) is 26.7 Å². The van der Waals surface area contributed by atoms with Crippen LogP contribution in [-0.4, -0.2) is 35.3 Å². The fourth-order valence-electron chi connectivity index (χ4n) is 2.25. The second kappa shape index (κ2) is 4.69. The molecule has 2 fully saturated rings. The third-order valence-electron chi connectivity index (χ3n) is 3.29. The molecule has 0 bridgehead atoms. The van der Waals surface area contributed by atoms with Gasteiger partial charge in [0, 0.05) is 12.1 Å². The Morgan fingerprint density at radius 2 is 2.18 bits per heavy atom. The van der Waals surface area contributed by atoms with Crippen molar-refractivity contribution in [1.82, 2.24) is 10.2 Å². The number of nitrogens with one attached hydrogen (secondary N) is 1. The number of hydrogen-bond donors (Lipinski definition) is 1. The monoisotopic (exact) mass is 256 g/mol. The lowest BCUT2D eigenvalue weighted by atomic mass is 10.0. The molecular formula is C12H17ClN2O2. The quantitative estimate of drug-likeness (QED) is 0.826. The zero-order valence-corrected chi connectivity index (χ0v) is 10.8. The van der Waals surface area contributed by atoms with E-state index >= 15 is 0 Å². The number of rotatable bonds is 3. The minimum atomic E-state index is -0.430. The van der Waals surface area contributed by atoms with Gasteiger partial charge in [0.2, 0.25) is 11.8 Å². The fraction of sp³-hybridized carbons (Fsp3) is 0.667. The average Bonchev–Trinajstić information content (AvgIpc) is 3.09. The lowest BCUT2D eigenvalue weighted by Crippen LogP contribution is -2.63. The molecule has 5 heteroatoms. The first-order valence-electron chi connectivity index (χ1n) is 5.91. The van der Waals surface area contributed by atoms with Gasteiger partial charge in [0.1, 0.15) is 12.1 Å². The molecule has 1 saturated carbocycles. The number of carbonyl (C=O) groups excluding carboxylic acids is 2. The maximum Gasteiger partial charge on any atom is 0.245 e. The molecule has 2 amide bonds. The van der Waals surface area contributed by atoms with Crippen LogP contribution in [0.2, 0.25) is 0 Å². The number of amides is 2. The average molecular weight is 257 g/mol. The standard InChI is InChI=1S/C12H17ClN2O2/c1-7(5-13)6-15-10(9-3-4-9)11(16)14-8(2)12(15)17/h5,8-10H,3-4,6H2,1-2H3,(H,14,16). The van der Waals surface area contributed by atoms with Crippen LogP contribution >= 0.6 is 11.6 Å². The maximum atomic E-state index is 12.1. The third kappa shape index (κ3) is 2.46. The summed E-state index contributed by atoms with van der Waals surface area (Å²) in [6.45, 7) is 4.03. The van der Waals surface area contributed by atoms with Crippen LogP contribution in [-0.2, 0) is 9.59 Å². The zero-order valence-electron chi connectivity index (χ0n) is 10.1. The van der Waals surface area contributed by atoms with Gasteiger partial charge in [-0.15, -0.1) is 0 Å². The predicted octanol–water partition coefficient (Wildman–Crippen LogP) is 1.25. The Morgan fingerprint density at radius 1 is 1.53 bits per heavy atom. The molecule has 1 aliphatic heterocycles. The molecule has 0 aromatic heterocycles. The van der Waals surface area contributed by atoms with Crippen LogP contribution in [0.25, 0.3) is 0 Å². The summed E-state index contributed by atoms with van der Waals surface area (Å²) >= 11 is 5.63. The minimum Gasteiger partial charge on any atom is -0.343 e. The largest absolute Gasteiger partial charge is 0.343 e. The van der Waals surface area contributed by atoms with Gasteiger partial charge >= 0.3 is 0 Å². The molecule has 94 valence electrons. The van der Waals surface area contributed by atoms with Crippen LogP contribution in [0.5, 0.6) is 0 Å². The minimum absolute atomic E-state index is 0.0145. The number of nitrogens with zero attached hydrogens (tertiary/aromatic N) is 1. The summed E-state index contributed by atoms with van der Waals surface area (Å²) in [6, 6.07) is -0.731. The van der Waals surface area contributed by atoms with E-state index in [4.69, 9.17) is 11.6 Å². The Kier molecular flexibility index (Phi) is 3.43. The second-order valence-electron chi connectivity index (χ2n) is 4.93. The Hall–Kier alpha value is -1.03. The number of hydrogen-bond acceptors (Lipinski definition) is 2. The van der Waals surface area contributed by atoms with Gasteiger partial charge in [-0.1, -0.05) is 11.6 Å².